The largest absolute Gasteiger partial charge is 0.444 e. The fourth-order valence-corrected chi connectivity index (χ4v) is 2.79. The minimum atomic E-state index is -0.472. The summed E-state index contributed by atoms with van der Waals surface area (Å²) in [5.41, 5.74) is 1.44. The smallest absolute Gasteiger partial charge is 0.410 e. The first-order chi connectivity index (χ1) is 11.8. The third kappa shape index (κ3) is 4.10. The molecule has 0 bridgehead atoms. The monoisotopic (exact) mass is 343 g/mol. The zero-order chi connectivity index (χ0) is 18.0. The van der Waals surface area contributed by atoms with Crippen molar-refractivity contribution in [3.8, 4) is 5.69 Å². The number of aromatic nitrogens is 3. The Morgan fingerprint density at radius 2 is 1.88 bits per heavy atom. The van der Waals surface area contributed by atoms with Gasteiger partial charge in [-0.2, -0.15) is 5.10 Å². The lowest BCUT2D eigenvalue weighted by Crippen LogP contribution is -2.50. The summed E-state index contributed by atoms with van der Waals surface area (Å²) in [6, 6.07) is 5.89. The summed E-state index contributed by atoms with van der Waals surface area (Å²) < 4.78 is 7.30. The molecule has 0 N–H and O–H groups in total. The molecule has 1 aliphatic rings. The van der Waals surface area contributed by atoms with E-state index in [1.165, 1.54) is 0 Å². The maximum atomic E-state index is 12.2. The highest BCUT2D eigenvalue weighted by atomic mass is 16.6. The SMILES string of the molecule is Cc1ccn(-c2cccnc2N2CCN(C(=O)OC(C)(C)C)CC2)n1. The van der Waals surface area contributed by atoms with Gasteiger partial charge < -0.3 is 14.5 Å². The van der Waals surface area contributed by atoms with Gasteiger partial charge in [-0.25, -0.2) is 14.5 Å². The fourth-order valence-electron chi connectivity index (χ4n) is 2.79. The second-order valence-electron chi connectivity index (χ2n) is 7.20. The van der Waals surface area contributed by atoms with Crippen LogP contribution in [0.15, 0.2) is 30.6 Å². The van der Waals surface area contributed by atoms with E-state index in [1.54, 1.807) is 11.1 Å². The number of ether oxygens (including phenoxy) is 1. The van der Waals surface area contributed by atoms with Crippen molar-refractivity contribution in [2.75, 3.05) is 31.1 Å². The number of carbonyl (C=O) groups is 1. The van der Waals surface area contributed by atoms with Crippen LogP contribution in [-0.2, 0) is 4.74 Å². The molecule has 0 aromatic carbocycles. The lowest BCUT2D eigenvalue weighted by molar-refractivity contribution is 0.0240. The lowest BCUT2D eigenvalue weighted by Gasteiger charge is -2.36. The van der Waals surface area contributed by atoms with Crippen LogP contribution in [0.1, 0.15) is 26.5 Å². The number of aryl methyl sites for hydroxylation is 1. The third-order valence-electron chi connectivity index (χ3n) is 3.97. The number of hydrogen-bond donors (Lipinski definition) is 0. The predicted molar refractivity (Wildman–Crippen MR) is 96.1 cm³/mol. The number of rotatable bonds is 2. The minimum absolute atomic E-state index is 0.254. The van der Waals surface area contributed by atoms with E-state index in [9.17, 15) is 4.79 Å². The Balaban J connectivity index is 1.71. The summed E-state index contributed by atoms with van der Waals surface area (Å²) in [7, 11) is 0. The van der Waals surface area contributed by atoms with Crippen LogP contribution in [0.5, 0.6) is 0 Å². The average molecular weight is 343 g/mol. The van der Waals surface area contributed by atoms with Crippen LogP contribution in [0.4, 0.5) is 10.6 Å². The van der Waals surface area contributed by atoms with Crippen LogP contribution in [0.25, 0.3) is 5.69 Å². The van der Waals surface area contributed by atoms with Crippen LogP contribution >= 0.6 is 0 Å². The Labute approximate surface area is 148 Å². The first-order valence-electron chi connectivity index (χ1n) is 8.54. The maximum absolute atomic E-state index is 12.2. The van der Waals surface area contributed by atoms with Gasteiger partial charge in [0, 0.05) is 38.6 Å². The normalized spacial score (nSPS) is 15.4. The van der Waals surface area contributed by atoms with Gasteiger partial charge in [-0.3, -0.25) is 0 Å². The van der Waals surface area contributed by atoms with Crippen molar-refractivity contribution in [3.05, 3.63) is 36.3 Å². The van der Waals surface area contributed by atoms with Crippen molar-refractivity contribution in [1.29, 1.82) is 0 Å². The van der Waals surface area contributed by atoms with Crippen molar-refractivity contribution in [3.63, 3.8) is 0 Å². The Morgan fingerprint density at radius 1 is 1.16 bits per heavy atom. The van der Waals surface area contributed by atoms with Crippen LogP contribution in [0.3, 0.4) is 0 Å². The van der Waals surface area contributed by atoms with Gasteiger partial charge in [0.25, 0.3) is 0 Å². The van der Waals surface area contributed by atoms with Gasteiger partial charge in [0.2, 0.25) is 0 Å². The Morgan fingerprint density at radius 3 is 2.48 bits per heavy atom. The van der Waals surface area contributed by atoms with Crippen molar-refractivity contribution in [2.45, 2.75) is 33.3 Å². The second-order valence-corrected chi connectivity index (χ2v) is 7.20. The minimum Gasteiger partial charge on any atom is -0.444 e. The molecule has 2 aromatic rings. The van der Waals surface area contributed by atoms with E-state index < -0.39 is 5.60 Å². The fraction of sp³-hybridized carbons (Fsp3) is 0.500. The Bertz CT molecular complexity index is 742. The second kappa shape index (κ2) is 6.74. The number of hydrogen-bond acceptors (Lipinski definition) is 5. The highest BCUT2D eigenvalue weighted by molar-refractivity contribution is 5.69. The zero-order valence-corrected chi connectivity index (χ0v) is 15.3. The van der Waals surface area contributed by atoms with E-state index in [1.807, 2.05) is 56.8 Å². The molecule has 1 fully saturated rings. The van der Waals surface area contributed by atoms with Gasteiger partial charge in [-0.1, -0.05) is 0 Å². The highest BCUT2D eigenvalue weighted by Crippen LogP contribution is 2.23. The number of nitrogens with zero attached hydrogens (tertiary/aromatic N) is 5. The molecule has 0 aliphatic carbocycles. The maximum Gasteiger partial charge on any atom is 0.410 e. The van der Waals surface area contributed by atoms with Crippen molar-refractivity contribution < 1.29 is 9.53 Å². The molecule has 1 saturated heterocycles. The number of piperazine rings is 1. The standard InChI is InChI=1S/C18H25N5O2/c1-14-7-9-23(20-14)15-6-5-8-19-16(15)21-10-12-22(13-11-21)17(24)25-18(2,3)4/h5-9H,10-13H2,1-4H3. The molecule has 25 heavy (non-hydrogen) atoms. The topological polar surface area (TPSA) is 63.5 Å². The summed E-state index contributed by atoms with van der Waals surface area (Å²) in [5, 5.41) is 4.49. The highest BCUT2D eigenvalue weighted by Gasteiger charge is 2.27. The molecular weight excluding hydrogens is 318 g/mol. The van der Waals surface area contributed by atoms with E-state index in [2.05, 4.69) is 15.0 Å². The average Bonchev–Trinajstić information content (AvgIpc) is 3.00. The van der Waals surface area contributed by atoms with Crippen molar-refractivity contribution in [1.82, 2.24) is 19.7 Å². The molecule has 0 atom stereocenters. The molecule has 1 aliphatic heterocycles. The van der Waals surface area contributed by atoms with E-state index in [0.29, 0.717) is 26.2 Å². The molecule has 2 aromatic heterocycles. The number of carbonyl (C=O) groups excluding carboxylic acids is 1. The molecule has 0 spiro atoms. The molecular formula is C18H25N5O2. The molecule has 7 heteroatoms. The molecule has 7 nitrogen and oxygen atoms in total. The van der Waals surface area contributed by atoms with Gasteiger partial charge in [0.15, 0.2) is 5.82 Å². The molecule has 1 amide bonds. The van der Waals surface area contributed by atoms with Crippen LogP contribution in [-0.4, -0.2) is 57.5 Å². The van der Waals surface area contributed by atoms with Gasteiger partial charge in [0.05, 0.1) is 5.69 Å². The summed E-state index contributed by atoms with van der Waals surface area (Å²) in [6.07, 6.45) is 3.47. The van der Waals surface area contributed by atoms with Gasteiger partial charge in [-0.05, 0) is 45.9 Å². The third-order valence-corrected chi connectivity index (χ3v) is 3.97. The van der Waals surface area contributed by atoms with Crippen molar-refractivity contribution in [2.24, 2.45) is 0 Å². The number of anilines is 1. The molecule has 3 rings (SSSR count). The molecule has 134 valence electrons. The van der Waals surface area contributed by atoms with E-state index in [-0.39, 0.29) is 6.09 Å². The molecule has 0 radical (unpaired) electrons. The van der Waals surface area contributed by atoms with Crippen LogP contribution in [0, 0.1) is 6.92 Å². The summed E-state index contributed by atoms with van der Waals surface area (Å²) in [4.78, 5) is 20.7. The Kier molecular flexibility index (Phi) is 4.65. The summed E-state index contributed by atoms with van der Waals surface area (Å²) in [5.74, 6) is 0.884. The summed E-state index contributed by atoms with van der Waals surface area (Å²) in [6.45, 7) is 10.3. The molecule has 0 unspecified atom stereocenters. The molecule has 0 saturated carbocycles. The zero-order valence-electron chi connectivity index (χ0n) is 15.3. The van der Waals surface area contributed by atoms with E-state index in [4.69, 9.17) is 4.74 Å². The van der Waals surface area contributed by atoms with Gasteiger partial charge in [-0.15, -0.1) is 0 Å². The van der Waals surface area contributed by atoms with Gasteiger partial charge >= 0.3 is 6.09 Å². The predicted octanol–water partition coefficient (Wildman–Crippen LogP) is 2.63. The quantitative estimate of drug-likeness (QED) is 0.839. The van der Waals surface area contributed by atoms with Crippen LogP contribution in [0.2, 0.25) is 0 Å². The van der Waals surface area contributed by atoms with Crippen molar-refractivity contribution >= 4 is 11.9 Å². The number of pyridine rings is 1. The lowest BCUT2D eigenvalue weighted by atomic mass is 10.2. The first kappa shape index (κ1) is 17.3. The first-order valence-corrected chi connectivity index (χ1v) is 8.54. The Hall–Kier alpha value is -2.57. The van der Waals surface area contributed by atoms with Crippen LogP contribution < -0.4 is 4.90 Å². The van der Waals surface area contributed by atoms with Gasteiger partial charge in [0.1, 0.15) is 11.3 Å². The number of amides is 1. The molecule has 3 heterocycles. The van der Waals surface area contributed by atoms with E-state index in [0.717, 1.165) is 17.2 Å². The summed E-state index contributed by atoms with van der Waals surface area (Å²) >= 11 is 0. The van der Waals surface area contributed by atoms with E-state index >= 15 is 0 Å².